The molecule has 5 heteroatoms. The van der Waals surface area contributed by atoms with E-state index in [9.17, 15) is 4.79 Å². The van der Waals surface area contributed by atoms with Crippen molar-refractivity contribution in [3.8, 4) is 6.07 Å². The Kier molecular flexibility index (Phi) is 4.67. The molecule has 0 bridgehead atoms. The first kappa shape index (κ1) is 14.0. The highest BCUT2D eigenvalue weighted by molar-refractivity contribution is 5.80. The summed E-state index contributed by atoms with van der Waals surface area (Å²) < 4.78 is 0. The van der Waals surface area contributed by atoms with E-state index < -0.39 is 0 Å². The van der Waals surface area contributed by atoms with Gasteiger partial charge in [0.25, 0.3) is 0 Å². The van der Waals surface area contributed by atoms with E-state index >= 15 is 0 Å². The van der Waals surface area contributed by atoms with Gasteiger partial charge >= 0.3 is 0 Å². The van der Waals surface area contributed by atoms with Gasteiger partial charge in [0.15, 0.2) is 0 Å². The summed E-state index contributed by atoms with van der Waals surface area (Å²) >= 11 is 0. The molecule has 0 saturated carbocycles. The van der Waals surface area contributed by atoms with Gasteiger partial charge in [-0.05, 0) is 32.4 Å². The van der Waals surface area contributed by atoms with Crippen LogP contribution in [0.3, 0.4) is 0 Å². The lowest BCUT2D eigenvalue weighted by Crippen LogP contribution is -2.32. The maximum absolute atomic E-state index is 11.7. The summed E-state index contributed by atoms with van der Waals surface area (Å²) in [5.74, 6) is 0.454. The van der Waals surface area contributed by atoms with Crippen molar-refractivity contribution in [3.63, 3.8) is 0 Å². The molecular weight excluding hydrogens is 228 g/mol. The van der Waals surface area contributed by atoms with Crippen LogP contribution in [0.25, 0.3) is 0 Å². The second kappa shape index (κ2) is 6.01. The van der Waals surface area contributed by atoms with Crippen molar-refractivity contribution in [3.05, 3.63) is 22.9 Å². The molecule has 0 atom stereocenters. The Hall–Kier alpha value is -2.09. The Labute approximate surface area is 107 Å². The molecule has 1 N–H and O–H groups in total. The molecule has 1 aromatic heterocycles. The van der Waals surface area contributed by atoms with Crippen molar-refractivity contribution in [2.24, 2.45) is 0 Å². The SMILES string of the molecule is CCN(C)C(=O)CNc1nc(C)cc(C)c1C#N. The molecule has 0 unspecified atom stereocenters. The number of aromatic nitrogens is 1. The Morgan fingerprint density at radius 1 is 1.56 bits per heavy atom. The molecule has 1 aromatic rings. The number of carbonyl (C=O) groups excluding carboxylic acids is 1. The lowest BCUT2D eigenvalue weighted by atomic mass is 10.1. The molecule has 1 heterocycles. The monoisotopic (exact) mass is 246 g/mol. The van der Waals surface area contributed by atoms with Crippen LogP contribution < -0.4 is 5.32 Å². The van der Waals surface area contributed by atoms with Crippen LogP contribution in [0, 0.1) is 25.2 Å². The highest BCUT2D eigenvalue weighted by Gasteiger charge is 2.11. The van der Waals surface area contributed by atoms with Gasteiger partial charge in [-0.3, -0.25) is 4.79 Å². The van der Waals surface area contributed by atoms with Crippen molar-refractivity contribution in [2.45, 2.75) is 20.8 Å². The van der Waals surface area contributed by atoms with Gasteiger partial charge in [0.05, 0.1) is 12.1 Å². The number of carbonyl (C=O) groups is 1. The molecule has 0 fully saturated rings. The van der Waals surface area contributed by atoms with Gasteiger partial charge in [0, 0.05) is 19.3 Å². The Morgan fingerprint density at radius 2 is 2.22 bits per heavy atom. The van der Waals surface area contributed by atoms with Gasteiger partial charge in [-0.1, -0.05) is 0 Å². The predicted octanol–water partition coefficient (Wildman–Crippen LogP) is 1.46. The third kappa shape index (κ3) is 3.20. The third-order valence-corrected chi connectivity index (χ3v) is 2.76. The molecule has 18 heavy (non-hydrogen) atoms. The van der Waals surface area contributed by atoms with Gasteiger partial charge in [0.1, 0.15) is 11.9 Å². The van der Waals surface area contributed by atoms with Crippen molar-refractivity contribution < 1.29 is 4.79 Å². The minimum absolute atomic E-state index is 0.0256. The normalized spacial score (nSPS) is 9.72. The highest BCUT2D eigenvalue weighted by Crippen LogP contribution is 2.17. The fraction of sp³-hybridized carbons (Fsp3) is 0.462. The fourth-order valence-corrected chi connectivity index (χ4v) is 1.58. The average molecular weight is 246 g/mol. The predicted molar refractivity (Wildman–Crippen MR) is 70.2 cm³/mol. The first-order valence-electron chi connectivity index (χ1n) is 5.85. The van der Waals surface area contributed by atoms with Crippen molar-refractivity contribution in [1.82, 2.24) is 9.88 Å². The zero-order chi connectivity index (χ0) is 13.7. The minimum atomic E-state index is -0.0256. The number of nitrogens with zero attached hydrogens (tertiary/aromatic N) is 3. The first-order valence-corrected chi connectivity index (χ1v) is 5.85. The lowest BCUT2D eigenvalue weighted by Gasteiger charge is -2.16. The van der Waals surface area contributed by atoms with Crippen molar-refractivity contribution >= 4 is 11.7 Å². The van der Waals surface area contributed by atoms with Gasteiger partial charge < -0.3 is 10.2 Å². The van der Waals surface area contributed by atoms with E-state index in [0.717, 1.165) is 11.3 Å². The number of aryl methyl sites for hydroxylation is 2. The lowest BCUT2D eigenvalue weighted by molar-refractivity contribution is -0.127. The van der Waals surface area contributed by atoms with Gasteiger partial charge in [-0.25, -0.2) is 4.98 Å². The molecule has 0 radical (unpaired) electrons. The molecule has 0 saturated heterocycles. The number of nitriles is 1. The largest absolute Gasteiger partial charge is 0.360 e. The maximum Gasteiger partial charge on any atom is 0.241 e. The number of pyridine rings is 1. The molecule has 96 valence electrons. The Bertz CT molecular complexity index is 490. The number of amides is 1. The summed E-state index contributed by atoms with van der Waals surface area (Å²) in [6.07, 6.45) is 0. The molecule has 1 amide bonds. The maximum atomic E-state index is 11.7. The van der Waals surface area contributed by atoms with Crippen LogP contribution in [-0.2, 0) is 4.79 Å². The van der Waals surface area contributed by atoms with E-state index in [1.54, 1.807) is 11.9 Å². The Balaban J connectivity index is 2.86. The number of likely N-dealkylation sites (N-methyl/N-ethyl adjacent to an activating group) is 1. The molecule has 0 aromatic carbocycles. The zero-order valence-electron chi connectivity index (χ0n) is 11.2. The molecule has 5 nitrogen and oxygen atoms in total. The summed E-state index contributed by atoms with van der Waals surface area (Å²) in [6.45, 7) is 6.44. The summed E-state index contributed by atoms with van der Waals surface area (Å²) in [4.78, 5) is 17.5. The molecule has 0 aliphatic rings. The summed E-state index contributed by atoms with van der Waals surface area (Å²) in [7, 11) is 1.74. The molecule has 1 rings (SSSR count). The molecule has 0 aliphatic carbocycles. The quantitative estimate of drug-likeness (QED) is 0.873. The number of hydrogen-bond acceptors (Lipinski definition) is 4. The third-order valence-electron chi connectivity index (χ3n) is 2.76. The minimum Gasteiger partial charge on any atom is -0.360 e. The summed E-state index contributed by atoms with van der Waals surface area (Å²) in [5.41, 5.74) is 2.18. The second-order valence-corrected chi connectivity index (χ2v) is 4.18. The molecule has 0 spiro atoms. The summed E-state index contributed by atoms with van der Waals surface area (Å²) in [5, 5.41) is 12.0. The van der Waals surface area contributed by atoms with E-state index in [2.05, 4.69) is 16.4 Å². The van der Waals surface area contributed by atoms with E-state index in [0.29, 0.717) is 17.9 Å². The fourth-order valence-electron chi connectivity index (χ4n) is 1.58. The molecular formula is C13H18N4O. The Morgan fingerprint density at radius 3 is 2.78 bits per heavy atom. The standard InChI is InChI=1S/C13H18N4O/c1-5-17(4)12(18)8-15-13-11(7-14)9(2)6-10(3)16-13/h6H,5,8H2,1-4H3,(H,15,16). The van der Waals surface area contributed by atoms with Crippen LogP contribution >= 0.6 is 0 Å². The number of rotatable bonds is 4. The van der Waals surface area contributed by atoms with Crippen LogP contribution in [0.1, 0.15) is 23.7 Å². The van der Waals surface area contributed by atoms with E-state index in [1.165, 1.54) is 0 Å². The van der Waals surface area contributed by atoms with Crippen LogP contribution in [-0.4, -0.2) is 35.9 Å². The van der Waals surface area contributed by atoms with Crippen molar-refractivity contribution in [1.29, 1.82) is 5.26 Å². The average Bonchev–Trinajstić information content (AvgIpc) is 2.34. The van der Waals surface area contributed by atoms with Crippen LogP contribution in [0.15, 0.2) is 6.07 Å². The van der Waals surface area contributed by atoms with E-state index in [-0.39, 0.29) is 12.5 Å². The summed E-state index contributed by atoms with van der Waals surface area (Å²) in [6, 6.07) is 3.96. The van der Waals surface area contributed by atoms with Gasteiger partial charge in [-0.15, -0.1) is 0 Å². The topological polar surface area (TPSA) is 69.0 Å². The van der Waals surface area contributed by atoms with E-state index in [4.69, 9.17) is 5.26 Å². The van der Waals surface area contributed by atoms with Gasteiger partial charge in [0.2, 0.25) is 5.91 Å². The molecule has 0 aliphatic heterocycles. The van der Waals surface area contributed by atoms with E-state index in [1.807, 2.05) is 26.8 Å². The van der Waals surface area contributed by atoms with Crippen molar-refractivity contribution in [2.75, 3.05) is 25.5 Å². The van der Waals surface area contributed by atoms with Crippen LogP contribution in [0.5, 0.6) is 0 Å². The van der Waals surface area contributed by atoms with Crippen LogP contribution in [0.4, 0.5) is 5.82 Å². The number of anilines is 1. The zero-order valence-corrected chi connectivity index (χ0v) is 11.2. The number of nitrogens with one attached hydrogen (secondary N) is 1. The first-order chi connectivity index (χ1) is 8.49. The number of hydrogen-bond donors (Lipinski definition) is 1. The highest BCUT2D eigenvalue weighted by atomic mass is 16.2. The van der Waals surface area contributed by atoms with Gasteiger partial charge in [-0.2, -0.15) is 5.26 Å². The van der Waals surface area contributed by atoms with Crippen LogP contribution in [0.2, 0.25) is 0 Å². The smallest absolute Gasteiger partial charge is 0.241 e. The second-order valence-electron chi connectivity index (χ2n) is 4.18.